The van der Waals surface area contributed by atoms with E-state index < -0.39 is 0 Å². The molecular weight excluding hydrogens is 250 g/mol. The van der Waals surface area contributed by atoms with Gasteiger partial charge in [0, 0.05) is 24.6 Å². The highest BCUT2D eigenvalue weighted by Gasteiger charge is 2.13. The second-order valence-corrected chi connectivity index (χ2v) is 5.72. The number of methoxy groups -OCH3 is 1. The van der Waals surface area contributed by atoms with Gasteiger partial charge in [-0.2, -0.15) is 0 Å². The average molecular weight is 275 g/mol. The van der Waals surface area contributed by atoms with E-state index in [-0.39, 0.29) is 6.04 Å². The molecule has 0 aliphatic rings. The minimum Gasteiger partial charge on any atom is -0.497 e. The van der Waals surface area contributed by atoms with Crippen molar-refractivity contribution >= 4 is 11.0 Å². The lowest BCUT2D eigenvalue weighted by molar-refractivity contribution is 0.415. The number of ether oxygens (including phenoxy) is 1. The number of hydrogen-bond donors (Lipinski definition) is 1. The topological polar surface area (TPSA) is 53.1 Å². The average Bonchev–Trinajstić information content (AvgIpc) is 2.75. The lowest BCUT2D eigenvalue weighted by Crippen LogP contribution is -2.15. The van der Waals surface area contributed by atoms with Crippen LogP contribution in [-0.2, 0) is 6.42 Å². The van der Waals surface area contributed by atoms with E-state index in [0.717, 1.165) is 36.4 Å². The number of imidazole rings is 1. The van der Waals surface area contributed by atoms with Gasteiger partial charge in [0.15, 0.2) is 0 Å². The molecule has 20 heavy (non-hydrogen) atoms. The van der Waals surface area contributed by atoms with E-state index in [1.54, 1.807) is 7.11 Å². The van der Waals surface area contributed by atoms with Gasteiger partial charge in [0.25, 0.3) is 0 Å². The molecule has 1 atom stereocenters. The van der Waals surface area contributed by atoms with Crippen LogP contribution in [-0.4, -0.2) is 22.7 Å². The van der Waals surface area contributed by atoms with E-state index in [0.29, 0.717) is 6.04 Å². The molecule has 0 amide bonds. The van der Waals surface area contributed by atoms with Gasteiger partial charge in [-0.3, -0.25) is 0 Å². The summed E-state index contributed by atoms with van der Waals surface area (Å²) in [5, 5.41) is 0. The standard InChI is InChI=1S/C16H25N3O/c1-11(2)19-15-9-8-13(20-4)10-14(15)18-16(19)7-5-6-12(3)17/h8-12H,5-7,17H2,1-4H3. The van der Waals surface area contributed by atoms with Crippen molar-refractivity contribution in [3.8, 4) is 5.75 Å². The van der Waals surface area contributed by atoms with Crippen molar-refractivity contribution in [3.05, 3.63) is 24.0 Å². The first-order chi connectivity index (χ1) is 9.52. The lowest BCUT2D eigenvalue weighted by Gasteiger charge is -2.13. The van der Waals surface area contributed by atoms with Gasteiger partial charge < -0.3 is 15.0 Å². The van der Waals surface area contributed by atoms with Crippen LogP contribution in [0.5, 0.6) is 5.75 Å². The Balaban J connectivity index is 2.34. The van der Waals surface area contributed by atoms with Gasteiger partial charge in [0.2, 0.25) is 0 Å². The fourth-order valence-corrected chi connectivity index (χ4v) is 2.59. The maximum Gasteiger partial charge on any atom is 0.121 e. The lowest BCUT2D eigenvalue weighted by atomic mass is 10.1. The highest BCUT2D eigenvalue weighted by Crippen LogP contribution is 2.25. The number of nitrogens with two attached hydrogens (primary N) is 1. The van der Waals surface area contributed by atoms with Gasteiger partial charge in [-0.25, -0.2) is 4.98 Å². The number of rotatable bonds is 6. The first-order valence-electron chi connectivity index (χ1n) is 7.33. The normalized spacial score (nSPS) is 13.1. The largest absolute Gasteiger partial charge is 0.497 e. The number of aromatic nitrogens is 2. The summed E-state index contributed by atoms with van der Waals surface area (Å²) in [6.07, 6.45) is 3.08. The SMILES string of the molecule is COc1ccc2c(c1)nc(CCCC(C)N)n2C(C)C. The molecule has 1 heterocycles. The first kappa shape index (κ1) is 14.9. The summed E-state index contributed by atoms with van der Waals surface area (Å²) < 4.78 is 7.59. The number of aryl methyl sites for hydroxylation is 1. The summed E-state index contributed by atoms with van der Waals surface area (Å²) in [5.41, 5.74) is 8.01. The zero-order chi connectivity index (χ0) is 14.7. The molecule has 4 nitrogen and oxygen atoms in total. The zero-order valence-corrected chi connectivity index (χ0v) is 12.9. The summed E-state index contributed by atoms with van der Waals surface area (Å²) in [6, 6.07) is 6.75. The number of hydrogen-bond acceptors (Lipinski definition) is 3. The molecule has 2 aromatic rings. The predicted octanol–water partition coefficient (Wildman–Crippen LogP) is 3.30. The molecule has 1 aromatic carbocycles. The van der Waals surface area contributed by atoms with Crippen LogP contribution in [0.1, 0.15) is 45.5 Å². The smallest absolute Gasteiger partial charge is 0.121 e. The van der Waals surface area contributed by atoms with Crippen molar-refractivity contribution in [1.82, 2.24) is 9.55 Å². The van der Waals surface area contributed by atoms with E-state index in [1.165, 1.54) is 5.52 Å². The molecule has 2 rings (SSSR count). The third kappa shape index (κ3) is 3.12. The first-order valence-corrected chi connectivity index (χ1v) is 7.33. The highest BCUT2D eigenvalue weighted by molar-refractivity contribution is 5.78. The fourth-order valence-electron chi connectivity index (χ4n) is 2.59. The number of benzene rings is 1. The molecule has 0 bridgehead atoms. The van der Waals surface area contributed by atoms with Crippen LogP contribution < -0.4 is 10.5 Å². The highest BCUT2D eigenvalue weighted by atomic mass is 16.5. The van der Waals surface area contributed by atoms with Crippen molar-refractivity contribution in [1.29, 1.82) is 0 Å². The van der Waals surface area contributed by atoms with Gasteiger partial charge in [-0.05, 0) is 45.7 Å². The molecule has 0 aliphatic carbocycles. The second kappa shape index (κ2) is 6.27. The van der Waals surface area contributed by atoms with Crippen molar-refractivity contribution in [2.24, 2.45) is 5.73 Å². The maximum atomic E-state index is 5.82. The third-order valence-corrected chi connectivity index (χ3v) is 3.55. The summed E-state index contributed by atoms with van der Waals surface area (Å²) in [5.74, 6) is 2.00. The van der Waals surface area contributed by atoms with Gasteiger partial charge in [0.05, 0.1) is 18.1 Å². The van der Waals surface area contributed by atoms with Crippen molar-refractivity contribution < 1.29 is 4.74 Å². The Bertz CT molecular complexity index is 572. The Hall–Kier alpha value is -1.55. The van der Waals surface area contributed by atoms with Gasteiger partial charge in [-0.15, -0.1) is 0 Å². The van der Waals surface area contributed by atoms with Crippen molar-refractivity contribution in [2.45, 2.75) is 52.1 Å². The van der Waals surface area contributed by atoms with Crippen LogP contribution in [0.4, 0.5) is 0 Å². The van der Waals surface area contributed by atoms with Gasteiger partial charge in [-0.1, -0.05) is 0 Å². The van der Waals surface area contributed by atoms with Crippen LogP contribution in [0.15, 0.2) is 18.2 Å². The van der Waals surface area contributed by atoms with Gasteiger partial charge >= 0.3 is 0 Å². The quantitative estimate of drug-likeness (QED) is 0.880. The minimum atomic E-state index is 0.256. The molecule has 0 spiro atoms. The summed E-state index contributed by atoms with van der Waals surface area (Å²) >= 11 is 0. The van der Waals surface area contributed by atoms with E-state index in [2.05, 4.69) is 31.4 Å². The van der Waals surface area contributed by atoms with Crippen molar-refractivity contribution in [2.75, 3.05) is 7.11 Å². The molecule has 0 aliphatic heterocycles. The van der Waals surface area contributed by atoms with E-state index in [4.69, 9.17) is 15.5 Å². The summed E-state index contributed by atoms with van der Waals surface area (Å²) in [7, 11) is 1.68. The summed E-state index contributed by atoms with van der Waals surface area (Å²) in [4.78, 5) is 4.78. The minimum absolute atomic E-state index is 0.256. The summed E-state index contributed by atoms with van der Waals surface area (Å²) in [6.45, 7) is 6.44. The molecule has 1 unspecified atom stereocenters. The van der Waals surface area contributed by atoms with Crippen LogP contribution in [0, 0.1) is 0 Å². The molecule has 0 saturated carbocycles. The Labute approximate surface area is 120 Å². The molecule has 110 valence electrons. The Morgan fingerprint density at radius 1 is 1.30 bits per heavy atom. The Morgan fingerprint density at radius 3 is 2.65 bits per heavy atom. The molecule has 0 fully saturated rings. The number of nitrogens with zero attached hydrogens (tertiary/aromatic N) is 2. The molecule has 1 aromatic heterocycles. The van der Waals surface area contributed by atoms with Crippen molar-refractivity contribution in [3.63, 3.8) is 0 Å². The molecular formula is C16H25N3O. The van der Waals surface area contributed by atoms with Gasteiger partial charge in [0.1, 0.15) is 11.6 Å². The monoisotopic (exact) mass is 275 g/mol. The Kier molecular flexibility index (Phi) is 4.65. The van der Waals surface area contributed by atoms with Crippen LogP contribution >= 0.6 is 0 Å². The fraction of sp³-hybridized carbons (Fsp3) is 0.562. The Morgan fingerprint density at radius 2 is 2.05 bits per heavy atom. The predicted molar refractivity (Wildman–Crippen MR) is 83.3 cm³/mol. The molecule has 0 saturated heterocycles. The molecule has 2 N–H and O–H groups in total. The number of fused-ring (bicyclic) bond motifs is 1. The molecule has 4 heteroatoms. The molecule has 0 radical (unpaired) electrons. The van der Waals surface area contributed by atoms with E-state index in [1.807, 2.05) is 12.1 Å². The van der Waals surface area contributed by atoms with E-state index >= 15 is 0 Å². The van der Waals surface area contributed by atoms with Crippen LogP contribution in [0.3, 0.4) is 0 Å². The maximum absolute atomic E-state index is 5.82. The third-order valence-electron chi connectivity index (χ3n) is 3.55. The van der Waals surface area contributed by atoms with Crippen LogP contribution in [0.25, 0.3) is 11.0 Å². The van der Waals surface area contributed by atoms with Crippen LogP contribution in [0.2, 0.25) is 0 Å². The zero-order valence-electron chi connectivity index (χ0n) is 12.9. The van der Waals surface area contributed by atoms with E-state index in [9.17, 15) is 0 Å². The second-order valence-electron chi connectivity index (χ2n) is 5.72.